The Bertz CT molecular complexity index is 500. The van der Waals surface area contributed by atoms with Crippen molar-refractivity contribution in [2.75, 3.05) is 27.2 Å². The smallest absolute Gasteiger partial charge is 0.171 e. The minimum Gasteiger partial charge on any atom is -0.493 e. The van der Waals surface area contributed by atoms with Gasteiger partial charge in [0.05, 0.1) is 12.2 Å². The van der Waals surface area contributed by atoms with Gasteiger partial charge in [-0.05, 0) is 43.6 Å². The van der Waals surface area contributed by atoms with E-state index in [0.717, 1.165) is 24.3 Å². The second kappa shape index (κ2) is 5.57. The molecule has 1 aromatic rings. The van der Waals surface area contributed by atoms with Gasteiger partial charge in [0.25, 0.3) is 0 Å². The fourth-order valence-corrected chi connectivity index (χ4v) is 2.59. The van der Waals surface area contributed by atoms with Crippen LogP contribution < -0.4 is 4.74 Å². The van der Waals surface area contributed by atoms with E-state index in [1.54, 1.807) is 0 Å². The summed E-state index contributed by atoms with van der Waals surface area (Å²) >= 11 is 0. The maximum absolute atomic E-state index is 12.7. The summed E-state index contributed by atoms with van der Waals surface area (Å²) in [6.45, 7) is 7.88. The highest BCUT2D eigenvalue weighted by molar-refractivity contribution is 6.01. The number of carbonyl (C=O) groups excluding carboxylic acids is 1. The molecule has 3 nitrogen and oxygen atoms in total. The summed E-state index contributed by atoms with van der Waals surface area (Å²) in [7, 11) is 4.01. The Morgan fingerprint density at radius 1 is 1.30 bits per heavy atom. The van der Waals surface area contributed by atoms with Crippen LogP contribution in [0.2, 0.25) is 0 Å². The van der Waals surface area contributed by atoms with E-state index >= 15 is 0 Å². The highest BCUT2D eigenvalue weighted by Crippen LogP contribution is 2.32. The van der Waals surface area contributed by atoms with Gasteiger partial charge in [-0.2, -0.15) is 0 Å². The lowest BCUT2D eigenvalue weighted by atomic mass is 9.84. The third kappa shape index (κ3) is 3.21. The van der Waals surface area contributed by atoms with Crippen molar-refractivity contribution < 1.29 is 9.53 Å². The molecule has 1 heterocycles. The molecule has 0 aliphatic carbocycles. The molecule has 0 fully saturated rings. The van der Waals surface area contributed by atoms with Gasteiger partial charge in [-0.15, -0.1) is 0 Å². The summed E-state index contributed by atoms with van der Waals surface area (Å²) < 4.78 is 5.76. The van der Waals surface area contributed by atoms with Crippen LogP contribution in [0.3, 0.4) is 0 Å². The standard InChI is InChI=1S/C17H25NO2/c1-17(2,3)13-6-7-15-14(10-13)16(19)12(8-9-20-15)11-18(4)5/h6-7,10,12H,8-9,11H2,1-5H3. The number of carbonyl (C=O) groups is 1. The minimum atomic E-state index is 0.0291. The van der Waals surface area contributed by atoms with Crippen molar-refractivity contribution in [2.24, 2.45) is 5.92 Å². The lowest BCUT2D eigenvalue weighted by Gasteiger charge is -2.21. The first kappa shape index (κ1) is 15.0. The first-order valence-electron chi connectivity index (χ1n) is 7.25. The summed E-state index contributed by atoms with van der Waals surface area (Å²) in [6, 6.07) is 6.04. The Labute approximate surface area is 121 Å². The quantitative estimate of drug-likeness (QED) is 0.830. The molecule has 0 saturated carbocycles. The maximum atomic E-state index is 12.7. The Morgan fingerprint density at radius 2 is 2.00 bits per heavy atom. The molecule has 0 aromatic heterocycles. The molecule has 0 radical (unpaired) electrons. The van der Waals surface area contributed by atoms with Gasteiger partial charge in [0, 0.05) is 12.5 Å². The van der Waals surface area contributed by atoms with Crippen molar-refractivity contribution in [3.05, 3.63) is 29.3 Å². The zero-order valence-corrected chi connectivity index (χ0v) is 13.2. The SMILES string of the molecule is CN(C)CC1CCOc2ccc(C(C)(C)C)cc2C1=O. The third-order valence-corrected chi connectivity index (χ3v) is 3.79. The molecule has 1 atom stereocenters. The molecule has 0 amide bonds. The van der Waals surface area contributed by atoms with Gasteiger partial charge in [0.1, 0.15) is 5.75 Å². The number of ether oxygens (including phenoxy) is 1. The van der Waals surface area contributed by atoms with Crippen LogP contribution in [0.1, 0.15) is 43.1 Å². The fraction of sp³-hybridized carbons (Fsp3) is 0.588. The van der Waals surface area contributed by atoms with Crippen LogP contribution in [-0.2, 0) is 5.41 Å². The maximum Gasteiger partial charge on any atom is 0.171 e. The van der Waals surface area contributed by atoms with Crippen molar-refractivity contribution in [1.82, 2.24) is 4.90 Å². The van der Waals surface area contributed by atoms with Crippen LogP contribution in [0.4, 0.5) is 0 Å². The number of nitrogens with zero attached hydrogens (tertiary/aromatic N) is 1. The van der Waals surface area contributed by atoms with Crippen molar-refractivity contribution in [3.63, 3.8) is 0 Å². The minimum absolute atomic E-state index is 0.0291. The number of benzene rings is 1. The van der Waals surface area contributed by atoms with Crippen molar-refractivity contribution >= 4 is 5.78 Å². The van der Waals surface area contributed by atoms with Gasteiger partial charge < -0.3 is 9.64 Å². The van der Waals surface area contributed by atoms with Gasteiger partial charge in [-0.3, -0.25) is 4.79 Å². The highest BCUT2D eigenvalue weighted by atomic mass is 16.5. The van der Waals surface area contributed by atoms with E-state index in [-0.39, 0.29) is 17.1 Å². The Balaban J connectivity index is 2.38. The van der Waals surface area contributed by atoms with E-state index in [9.17, 15) is 4.79 Å². The third-order valence-electron chi connectivity index (χ3n) is 3.79. The molecule has 110 valence electrons. The van der Waals surface area contributed by atoms with Crippen molar-refractivity contribution in [3.8, 4) is 5.75 Å². The molecule has 1 aromatic carbocycles. The molecule has 0 spiro atoms. The van der Waals surface area contributed by atoms with Crippen LogP contribution in [0.15, 0.2) is 18.2 Å². The van der Waals surface area contributed by atoms with Crippen molar-refractivity contribution in [2.45, 2.75) is 32.6 Å². The number of ketones is 1. The molecule has 1 aliphatic rings. The number of rotatable bonds is 2. The average molecular weight is 275 g/mol. The Morgan fingerprint density at radius 3 is 2.60 bits per heavy atom. The molecule has 3 heteroatoms. The molecule has 20 heavy (non-hydrogen) atoms. The predicted molar refractivity (Wildman–Crippen MR) is 81.6 cm³/mol. The number of hydrogen-bond acceptors (Lipinski definition) is 3. The largest absolute Gasteiger partial charge is 0.493 e. The van der Waals surface area contributed by atoms with Gasteiger partial charge in [0.2, 0.25) is 0 Å². The topological polar surface area (TPSA) is 29.5 Å². The van der Waals surface area contributed by atoms with Crippen molar-refractivity contribution in [1.29, 1.82) is 0 Å². The summed E-state index contributed by atoms with van der Waals surface area (Å²) in [6.07, 6.45) is 0.788. The molecule has 0 bridgehead atoms. The van der Waals surface area contributed by atoms with E-state index in [4.69, 9.17) is 4.74 Å². The summed E-state index contributed by atoms with van der Waals surface area (Å²) in [5.74, 6) is 0.989. The van der Waals surface area contributed by atoms with Gasteiger partial charge in [0.15, 0.2) is 5.78 Å². The number of fused-ring (bicyclic) bond motifs is 1. The van der Waals surface area contributed by atoms with E-state index in [1.165, 1.54) is 5.56 Å². The lowest BCUT2D eigenvalue weighted by Crippen LogP contribution is -2.28. The first-order valence-corrected chi connectivity index (χ1v) is 7.25. The van der Waals surface area contributed by atoms with Crippen LogP contribution in [0.25, 0.3) is 0 Å². The second-order valence-electron chi connectivity index (χ2n) is 6.92. The molecular formula is C17H25NO2. The number of hydrogen-bond donors (Lipinski definition) is 0. The fourth-order valence-electron chi connectivity index (χ4n) is 2.59. The van der Waals surface area contributed by atoms with E-state index < -0.39 is 0 Å². The average Bonchev–Trinajstić information content (AvgIpc) is 2.48. The summed E-state index contributed by atoms with van der Waals surface area (Å²) in [5, 5.41) is 0. The number of Topliss-reactive ketones (excluding diaryl/α,β-unsaturated/α-hetero) is 1. The summed E-state index contributed by atoms with van der Waals surface area (Å²) in [4.78, 5) is 14.8. The highest BCUT2D eigenvalue weighted by Gasteiger charge is 2.28. The van der Waals surface area contributed by atoms with E-state index in [2.05, 4.69) is 31.7 Å². The van der Waals surface area contributed by atoms with Crippen LogP contribution in [0, 0.1) is 5.92 Å². The van der Waals surface area contributed by atoms with Gasteiger partial charge >= 0.3 is 0 Å². The van der Waals surface area contributed by atoms with Gasteiger partial charge in [-0.25, -0.2) is 0 Å². The normalized spacial score (nSPS) is 19.5. The Kier molecular flexibility index (Phi) is 4.19. The van der Waals surface area contributed by atoms with E-state index in [1.807, 2.05) is 26.2 Å². The molecule has 1 unspecified atom stereocenters. The monoisotopic (exact) mass is 275 g/mol. The second-order valence-corrected chi connectivity index (χ2v) is 6.92. The zero-order valence-electron chi connectivity index (χ0n) is 13.2. The van der Waals surface area contributed by atoms with Gasteiger partial charge in [-0.1, -0.05) is 26.8 Å². The van der Waals surface area contributed by atoms with Crippen LogP contribution in [0.5, 0.6) is 5.75 Å². The molecule has 2 rings (SSSR count). The van der Waals surface area contributed by atoms with Crippen LogP contribution >= 0.6 is 0 Å². The predicted octanol–water partition coefficient (Wildman–Crippen LogP) is 3.13. The Hall–Kier alpha value is -1.35. The molecular weight excluding hydrogens is 250 g/mol. The summed E-state index contributed by atoms with van der Waals surface area (Å²) in [5.41, 5.74) is 1.97. The molecule has 0 N–H and O–H groups in total. The molecule has 0 saturated heterocycles. The van der Waals surface area contributed by atoms with Crippen LogP contribution in [-0.4, -0.2) is 37.9 Å². The zero-order chi connectivity index (χ0) is 14.9. The van der Waals surface area contributed by atoms with E-state index in [0.29, 0.717) is 6.61 Å². The molecule has 1 aliphatic heterocycles. The lowest BCUT2D eigenvalue weighted by molar-refractivity contribution is 0.0891. The first-order chi connectivity index (χ1) is 9.29.